The smallest absolute Gasteiger partial charge is 0.0404 e. The third kappa shape index (κ3) is 3.24. The summed E-state index contributed by atoms with van der Waals surface area (Å²) in [5.74, 6) is 0. The molecule has 0 bridgehead atoms. The van der Waals surface area contributed by atoms with E-state index in [1.54, 1.807) is 0 Å². The zero-order chi connectivity index (χ0) is 23.4. The molecule has 0 saturated heterocycles. The average molecular weight is 436 g/mol. The number of hydrogen-bond acceptors (Lipinski definition) is 1. The van der Waals surface area contributed by atoms with Crippen LogP contribution in [0.3, 0.4) is 0 Å². The lowest BCUT2D eigenvalue weighted by atomic mass is 9.77. The quantitative estimate of drug-likeness (QED) is 0.301. The molecule has 0 spiro atoms. The Kier molecular flexibility index (Phi) is 5.37. The molecule has 33 heavy (non-hydrogen) atoms. The molecule has 2 N–H and O–H groups in total. The third-order valence-corrected chi connectivity index (χ3v) is 8.33. The fourth-order valence-electron chi connectivity index (χ4n) is 6.09. The zero-order valence-corrected chi connectivity index (χ0v) is 20.9. The van der Waals surface area contributed by atoms with Crippen molar-refractivity contribution < 1.29 is 0 Å². The number of unbranched alkanes of at least 4 members (excludes halogenated alkanes) is 1. The predicted molar refractivity (Wildman–Crippen MR) is 144 cm³/mol. The standard InChI is InChI=1S/C32H37N/c1-6-9-12-21-15-17-24-23-13-10-11-14-25(23)29-26-18-16-22(32(33,7-2)8-3)20-28(26)31(4,5)30(29)27(24)19-21/h10-11,13-20H,6-9,12,33H2,1-5H3. The number of benzene rings is 4. The normalized spacial score (nSPS) is 14.6. The van der Waals surface area contributed by atoms with Crippen LogP contribution in [0.2, 0.25) is 0 Å². The molecule has 5 rings (SSSR count). The van der Waals surface area contributed by atoms with Crippen molar-refractivity contribution in [3.63, 3.8) is 0 Å². The molecule has 0 saturated carbocycles. The van der Waals surface area contributed by atoms with Gasteiger partial charge in [-0.1, -0.05) is 102 Å². The van der Waals surface area contributed by atoms with Crippen LogP contribution in [0.5, 0.6) is 0 Å². The lowest BCUT2D eigenvalue weighted by Gasteiger charge is -2.30. The third-order valence-electron chi connectivity index (χ3n) is 8.33. The molecule has 170 valence electrons. The highest BCUT2D eigenvalue weighted by molar-refractivity contribution is 6.18. The van der Waals surface area contributed by atoms with Crippen molar-refractivity contribution >= 4 is 21.5 Å². The van der Waals surface area contributed by atoms with Gasteiger partial charge in [-0.25, -0.2) is 0 Å². The van der Waals surface area contributed by atoms with E-state index in [4.69, 9.17) is 5.73 Å². The van der Waals surface area contributed by atoms with Crippen LogP contribution in [0, 0.1) is 0 Å². The zero-order valence-electron chi connectivity index (χ0n) is 20.9. The van der Waals surface area contributed by atoms with Crippen molar-refractivity contribution in [2.45, 2.75) is 77.7 Å². The van der Waals surface area contributed by atoms with Gasteiger partial charge >= 0.3 is 0 Å². The number of fused-ring (bicyclic) bond motifs is 8. The van der Waals surface area contributed by atoms with E-state index in [0.29, 0.717) is 0 Å². The highest BCUT2D eigenvalue weighted by Gasteiger charge is 2.39. The van der Waals surface area contributed by atoms with Crippen molar-refractivity contribution in [2.75, 3.05) is 0 Å². The molecule has 4 aromatic rings. The molecule has 0 aromatic heterocycles. The molecule has 0 amide bonds. The van der Waals surface area contributed by atoms with Crippen LogP contribution in [0.25, 0.3) is 32.7 Å². The van der Waals surface area contributed by atoms with Crippen molar-refractivity contribution in [3.05, 3.63) is 82.9 Å². The highest BCUT2D eigenvalue weighted by atomic mass is 14.7. The fraction of sp³-hybridized carbons (Fsp3) is 0.375. The number of aryl methyl sites for hydroxylation is 1. The van der Waals surface area contributed by atoms with Gasteiger partial charge in [0.2, 0.25) is 0 Å². The summed E-state index contributed by atoms with van der Waals surface area (Å²) in [7, 11) is 0. The Morgan fingerprint density at radius 1 is 0.788 bits per heavy atom. The molecule has 0 aliphatic heterocycles. The molecular weight excluding hydrogens is 398 g/mol. The van der Waals surface area contributed by atoms with E-state index in [1.165, 1.54) is 67.8 Å². The average Bonchev–Trinajstić information content (AvgIpc) is 3.09. The monoisotopic (exact) mass is 435 g/mol. The summed E-state index contributed by atoms with van der Waals surface area (Å²) in [4.78, 5) is 0. The first kappa shape index (κ1) is 22.2. The molecule has 0 heterocycles. The molecule has 0 radical (unpaired) electrons. The Hall–Kier alpha value is -2.64. The Morgan fingerprint density at radius 2 is 1.48 bits per heavy atom. The molecule has 0 unspecified atom stereocenters. The van der Waals surface area contributed by atoms with Crippen LogP contribution in [0.15, 0.2) is 60.7 Å². The van der Waals surface area contributed by atoms with E-state index >= 15 is 0 Å². The first-order valence-electron chi connectivity index (χ1n) is 12.8. The van der Waals surface area contributed by atoms with Gasteiger partial charge in [-0.15, -0.1) is 0 Å². The molecular formula is C32H37N. The second-order valence-electron chi connectivity index (χ2n) is 10.5. The summed E-state index contributed by atoms with van der Waals surface area (Å²) in [6.07, 6.45) is 5.50. The van der Waals surface area contributed by atoms with Crippen LogP contribution < -0.4 is 5.73 Å². The van der Waals surface area contributed by atoms with Crippen LogP contribution in [0.4, 0.5) is 0 Å². The molecule has 1 heteroatoms. The lowest BCUT2D eigenvalue weighted by Crippen LogP contribution is -2.35. The largest absolute Gasteiger partial charge is 0.321 e. The second kappa shape index (κ2) is 7.99. The van der Waals surface area contributed by atoms with Gasteiger partial charge in [0, 0.05) is 11.0 Å². The first-order chi connectivity index (χ1) is 15.9. The van der Waals surface area contributed by atoms with Gasteiger partial charge in [-0.3, -0.25) is 0 Å². The van der Waals surface area contributed by atoms with Gasteiger partial charge in [0.1, 0.15) is 0 Å². The second-order valence-corrected chi connectivity index (χ2v) is 10.5. The summed E-state index contributed by atoms with van der Waals surface area (Å²) < 4.78 is 0. The lowest BCUT2D eigenvalue weighted by molar-refractivity contribution is 0.412. The summed E-state index contributed by atoms with van der Waals surface area (Å²) in [5, 5.41) is 5.52. The summed E-state index contributed by atoms with van der Waals surface area (Å²) >= 11 is 0. The SMILES string of the molecule is CCCCc1ccc2c(c1)c1c(c3ccccc32)-c2ccc(C(N)(CC)CC)cc2C1(C)C. The van der Waals surface area contributed by atoms with E-state index in [0.717, 1.165) is 19.3 Å². The maximum absolute atomic E-state index is 6.85. The van der Waals surface area contributed by atoms with Crippen LogP contribution in [-0.2, 0) is 17.4 Å². The van der Waals surface area contributed by atoms with E-state index in [9.17, 15) is 0 Å². The van der Waals surface area contributed by atoms with Crippen molar-refractivity contribution in [1.29, 1.82) is 0 Å². The Labute approximate surface area is 199 Å². The molecule has 1 aliphatic rings. The minimum absolute atomic E-state index is 0.0747. The molecule has 1 nitrogen and oxygen atoms in total. The van der Waals surface area contributed by atoms with Gasteiger partial charge in [0.25, 0.3) is 0 Å². The van der Waals surface area contributed by atoms with Crippen LogP contribution in [-0.4, -0.2) is 0 Å². The summed E-state index contributed by atoms with van der Waals surface area (Å²) in [6, 6.07) is 23.2. The Morgan fingerprint density at radius 3 is 2.18 bits per heavy atom. The first-order valence-corrected chi connectivity index (χ1v) is 12.8. The molecule has 0 atom stereocenters. The summed E-state index contributed by atoms with van der Waals surface area (Å²) in [6.45, 7) is 11.5. The Balaban J connectivity index is 1.85. The minimum Gasteiger partial charge on any atom is -0.321 e. The van der Waals surface area contributed by atoms with E-state index < -0.39 is 0 Å². The maximum Gasteiger partial charge on any atom is 0.0404 e. The topological polar surface area (TPSA) is 26.0 Å². The highest BCUT2D eigenvalue weighted by Crippen LogP contribution is 2.55. The van der Waals surface area contributed by atoms with Gasteiger partial charge in [0.15, 0.2) is 0 Å². The minimum atomic E-state index is -0.267. The van der Waals surface area contributed by atoms with Crippen LogP contribution >= 0.6 is 0 Å². The molecule has 1 aliphatic carbocycles. The van der Waals surface area contributed by atoms with Crippen molar-refractivity contribution in [3.8, 4) is 11.1 Å². The molecule has 4 aromatic carbocycles. The van der Waals surface area contributed by atoms with Crippen molar-refractivity contribution in [2.24, 2.45) is 5.73 Å². The number of nitrogens with two attached hydrogens (primary N) is 1. The van der Waals surface area contributed by atoms with E-state index in [-0.39, 0.29) is 11.0 Å². The van der Waals surface area contributed by atoms with Gasteiger partial charge in [0.05, 0.1) is 0 Å². The fourth-order valence-corrected chi connectivity index (χ4v) is 6.09. The van der Waals surface area contributed by atoms with Crippen LogP contribution in [0.1, 0.15) is 82.6 Å². The van der Waals surface area contributed by atoms with Gasteiger partial charge < -0.3 is 5.73 Å². The van der Waals surface area contributed by atoms with Gasteiger partial charge in [-0.2, -0.15) is 0 Å². The number of hydrogen-bond donors (Lipinski definition) is 1. The summed E-state index contributed by atoms with van der Waals surface area (Å²) in [5.41, 5.74) is 14.9. The van der Waals surface area contributed by atoms with E-state index in [1.807, 2.05) is 0 Å². The van der Waals surface area contributed by atoms with Gasteiger partial charge in [-0.05, 0) is 80.6 Å². The molecule has 0 fully saturated rings. The Bertz CT molecular complexity index is 1350. The number of rotatable bonds is 6. The van der Waals surface area contributed by atoms with E-state index in [2.05, 4.69) is 95.3 Å². The predicted octanol–water partition coefficient (Wildman–Crippen LogP) is 8.62. The van der Waals surface area contributed by atoms with Crippen molar-refractivity contribution in [1.82, 2.24) is 0 Å². The maximum atomic E-state index is 6.85.